The Morgan fingerprint density at radius 2 is 1.66 bits per heavy atom. The van der Waals surface area contributed by atoms with Crippen molar-refractivity contribution in [1.29, 1.82) is 5.26 Å². The Labute approximate surface area is 192 Å². The van der Waals surface area contributed by atoms with Crippen molar-refractivity contribution in [3.05, 3.63) is 105 Å². The topological polar surface area (TPSA) is 70.0 Å². The maximum absolute atomic E-state index is 13.6. The van der Waals surface area contributed by atoms with E-state index >= 15 is 0 Å². The lowest BCUT2D eigenvalue weighted by atomic mass is 10.1. The van der Waals surface area contributed by atoms with Crippen molar-refractivity contribution >= 4 is 27.3 Å². The summed E-state index contributed by atoms with van der Waals surface area (Å²) in [6.07, 6.45) is 0. The van der Waals surface area contributed by atoms with Gasteiger partial charge in [-0.2, -0.15) is 5.26 Å². The van der Waals surface area contributed by atoms with Gasteiger partial charge >= 0.3 is 0 Å². The minimum atomic E-state index is -4.06. The zero-order valence-corrected chi connectivity index (χ0v) is 19.6. The van der Waals surface area contributed by atoms with Crippen LogP contribution < -0.4 is 5.32 Å². The van der Waals surface area contributed by atoms with Crippen molar-refractivity contribution in [2.75, 3.05) is 5.32 Å². The molecule has 0 atom stereocenters. The van der Waals surface area contributed by atoms with Crippen LogP contribution in [0.2, 0.25) is 0 Å². The van der Waals surface area contributed by atoms with Crippen LogP contribution in [0.1, 0.15) is 22.3 Å². The summed E-state index contributed by atoms with van der Waals surface area (Å²) in [7, 11) is -4.06. The molecule has 0 aliphatic carbocycles. The normalized spacial score (nSPS) is 12.1. The second-order valence-electron chi connectivity index (χ2n) is 7.40. The van der Waals surface area contributed by atoms with Crippen LogP contribution in [0, 0.1) is 37.9 Å². The zero-order valence-electron chi connectivity index (χ0n) is 18.0. The Hall–Kier alpha value is -3.08. The molecule has 0 amide bonds. The molecule has 0 aromatic heterocycles. The highest BCUT2D eigenvalue weighted by molar-refractivity contribution is 8.04. The van der Waals surface area contributed by atoms with Gasteiger partial charge in [-0.25, -0.2) is 12.8 Å². The number of aryl methyl sites for hydroxylation is 3. The monoisotopic (exact) mass is 466 g/mol. The van der Waals surface area contributed by atoms with E-state index in [1.165, 1.54) is 24.3 Å². The first kappa shape index (κ1) is 23.6. The minimum absolute atomic E-state index is 0.0413. The van der Waals surface area contributed by atoms with Gasteiger partial charge in [0, 0.05) is 11.4 Å². The van der Waals surface area contributed by atoms with Crippen molar-refractivity contribution in [2.45, 2.75) is 31.4 Å². The van der Waals surface area contributed by atoms with E-state index < -0.39 is 9.84 Å². The summed E-state index contributed by atoms with van der Waals surface area (Å²) in [4.78, 5) is -0.330. The molecule has 0 heterocycles. The van der Waals surface area contributed by atoms with E-state index in [4.69, 9.17) is 0 Å². The lowest BCUT2D eigenvalue weighted by Gasteiger charge is -2.18. The number of sulfone groups is 1. The lowest BCUT2D eigenvalue weighted by Crippen LogP contribution is -2.11. The maximum atomic E-state index is 13.6. The summed E-state index contributed by atoms with van der Waals surface area (Å²) in [5.74, 6) is -0.0799. The van der Waals surface area contributed by atoms with Gasteiger partial charge in [0.25, 0.3) is 0 Å². The Kier molecular flexibility index (Phi) is 7.39. The highest BCUT2D eigenvalue weighted by atomic mass is 32.2. The predicted molar refractivity (Wildman–Crippen MR) is 128 cm³/mol. The molecule has 3 aromatic carbocycles. The fraction of sp³-hybridized carbons (Fsp3) is 0.160. The average Bonchev–Trinajstić information content (AvgIpc) is 2.75. The van der Waals surface area contributed by atoms with Gasteiger partial charge in [0.1, 0.15) is 16.9 Å². The molecule has 0 bridgehead atoms. The van der Waals surface area contributed by atoms with Gasteiger partial charge in [-0.1, -0.05) is 48.0 Å². The number of nitriles is 1. The van der Waals surface area contributed by atoms with E-state index in [1.54, 1.807) is 30.3 Å². The summed E-state index contributed by atoms with van der Waals surface area (Å²) >= 11 is 1.15. The van der Waals surface area contributed by atoms with Gasteiger partial charge in [-0.3, -0.25) is 0 Å². The number of benzene rings is 3. The standard InChI is InChI=1S/C25H23FN2O2S2/c1-17-12-18(2)24(19(3)13-17)28-25(31-16-20-8-7-9-21(26)14-20)23(15-27)32(29,30)22-10-5-4-6-11-22/h4-14,28H,16H2,1-3H3. The largest absolute Gasteiger partial charge is 0.348 e. The van der Waals surface area contributed by atoms with E-state index in [0.29, 0.717) is 11.3 Å². The first-order chi connectivity index (χ1) is 15.2. The average molecular weight is 467 g/mol. The number of hydrogen-bond donors (Lipinski definition) is 1. The second-order valence-corrected chi connectivity index (χ2v) is 10.3. The summed E-state index contributed by atoms with van der Waals surface area (Å²) in [5.41, 5.74) is 4.37. The number of halogens is 1. The maximum Gasteiger partial charge on any atom is 0.219 e. The molecule has 0 fully saturated rings. The fourth-order valence-electron chi connectivity index (χ4n) is 3.38. The molecule has 32 heavy (non-hydrogen) atoms. The molecule has 0 saturated heterocycles. The lowest BCUT2D eigenvalue weighted by molar-refractivity contribution is 0.603. The van der Waals surface area contributed by atoms with Crippen molar-refractivity contribution in [3.8, 4) is 6.07 Å². The van der Waals surface area contributed by atoms with Crippen molar-refractivity contribution in [2.24, 2.45) is 0 Å². The summed E-state index contributed by atoms with van der Waals surface area (Å²) in [6.45, 7) is 5.84. The number of anilines is 1. The van der Waals surface area contributed by atoms with Crippen LogP contribution in [0.5, 0.6) is 0 Å². The number of nitrogens with one attached hydrogen (secondary N) is 1. The molecule has 1 N–H and O–H groups in total. The van der Waals surface area contributed by atoms with Crippen LogP contribution in [0.15, 0.2) is 81.6 Å². The number of allylic oxidation sites excluding steroid dienone is 1. The summed E-state index contributed by atoms with van der Waals surface area (Å²) < 4.78 is 40.2. The molecule has 0 radical (unpaired) electrons. The van der Waals surface area contributed by atoms with E-state index in [-0.39, 0.29) is 20.6 Å². The highest BCUT2D eigenvalue weighted by Crippen LogP contribution is 2.33. The van der Waals surface area contributed by atoms with E-state index in [2.05, 4.69) is 5.32 Å². The van der Waals surface area contributed by atoms with Crippen molar-refractivity contribution in [3.63, 3.8) is 0 Å². The van der Waals surface area contributed by atoms with Crippen LogP contribution >= 0.6 is 11.8 Å². The van der Waals surface area contributed by atoms with E-state index in [1.807, 2.05) is 39.0 Å². The molecule has 0 saturated carbocycles. The molecule has 0 unspecified atom stereocenters. The number of thioether (sulfide) groups is 1. The zero-order chi connectivity index (χ0) is 23.3. The molecule has 0 aliphatic rings. The van der Waals surface area contributed by atoms with Crippen molar-refractivity contribution in [1.82, 2.24) is 0 Å². The number of rotatable bonds is 7. The quantitative estimate of drug-likeness (QED) is 0.416. The molecular weight excluding hydrogens is 443 g/mol. The third-order valence-electron chi connectivity index (χ3n) is 4.82. The summed E-state index contributed by atoms with van der Waals surface area (Å²) in [6, 6.07) is 19.8. The Bertz CT molecular complexity index is 1290. The van der Waals surface area contributed by atoms with E-state index in [9.17, 15) is 18.1 Å². The second kappa shape index (κ2) is 10.0. The number of nitrogens with zero attached hydrogens (tertiary/aromatic N) is 1. The van der Waals surface area contributed by atoms with E-state index in [0.717, 1.165) is 34.1 Å². The smallest absolute Gasteiger partial charge is 0.219 e. The Morgan fingerprint density at radius 3 is 2.25 bits per heavy atom. The first-order valence-corrected chi connectivity index (χ1v) is 12.4. The van der Waals surface area contributed by atoms with Gasteiger partial charge in [0.05, 0.1) is 4.90 Å². The van der Waals surface area contributed by atoms with Crippen LogP contribution in [-0.4, -0.2) is 8.42 Å². The van der Waals surface area contributed by atoms with Crippen LogP contribution in [0.4, 0.5) is 10.1 Å². The van der Waals surface area contributed by atoms with Crippen molar-refractivity contribution < 1.29 is 12.8 Å². The van der Waals surface area contributed by atoms with Gasteiger partial charge in [-0.05, 0) is 61.7 Å². The third kappa shape index (κ3) is 5.39. The molecule has 3 rings (SSSR count). The van der Waals surface area contributed by atoms with Gasteiger partial charge in [0.2, 0.25) is 9.84 Å². The SMILES string of the molecule is Cc1cc(C)c(NC(SCc2cccc(F)c2)=C(C#N)S(=O)(=O)c2ccccc2)c(C)c1. The van der Waals surface area contributed by atoms with Gasteiger partial charge in [-0.15, -0.1) is 11.8 Å². The molecule has 3 aromatic rings. The molecule has 0 spiro atoms. The van der Waals surface area contributed by atoms with Gasteiger partial charge < -0.3 is 5.32 Å². The molecule has 164 valence electrons. The minimum Gasteiger partial charge on any atom is -0.348 e. The fourth-order valence-corrected chi connectivity index (χ4v) is 5.90. The van der Waals surface area contributed by atoms with Gasteiger partial charge in [0.15, 0.2) is 4.91 Å². The molecule has 7 heteroatoms. The highest BCUT2D eigenvalue weighted by Gasteiger charge is 2.26. The Balaban J connectivity index is 2.11. The number of hydrogen-bond acceptors (Lipinski definition) is 5. The molecule has 4 nitrogen and oxygen atoms in total. The predicted octanol–water partition coefficient (Wildman–Crippen LogP) is 6.26. The third-order valence-corrected chi connectivity index (χ3v) is 7.75. The van der Waals surface area contributed by atoms with Crippen LogP contribution in [-0.2, 0) is 15.6 Å². The molecular formula is C25H23FN2O2S2. The van der Waals surface area contributed by atoms with Crippen LogP contribution in [0.3, 0.4) is 0 Å². The van der Waals surface area contributed by atoms with Crippen LogP contribution in [0.25, 0.3) is 0 Å². The summed E-state index contributed by atoms with van der Waals surface area (Å²) in [5, 5.41) is 13.3. The Morgan fingerprint density at radius 1 is 1.00 bits per heavy atom. The first-order valence-electron chi connectivity index (χ1n) is 9.89. The molecule has 0 aliphatic heterocycles.